The molecule has 172 valence electrons. The maximum atomic E-state index is 13.2. The Morgan fingerprint density at radius 3 is 2.42 bits per heavy atom. The van der Waals surface area contributed by atoms with E-state index in [0.717, 1.165) is 10.0 Å². The van der Waals surface area contributed by atoms with Crippen molar-refractivity contribution >= 4 is 36.3 Å². The van der Waals surface area contributed by atoms with Gasteiger partial charge in [0.2, 0.25) is 0 Å². The summed E-state index contributed by atoms with van der Waals surface area (Å²) in [7, 11) is -0.861. The van der Waals surface area contributed by atoms with Crippen LogP contribution in [0.5, 0.6) is 0 Å². The lowest BCUT2D eigenvalue weighted by Gasteiger charge is -2.42. The zero-order chi connectivity index (χ0) is 23.4. The maximum Gasteiger partial charge on any atom is 0.410 e. The molecule has 1 heterocycles. The van der Waals surface area contributed by atoms with Gasteiger partial charge in [0.1, 0.15) is 12.0 Å². The first-order valence-corrected chi connectivity index (χ1v) is 14.1. The van der Waals surface area contributed by atoms with E-state index in [1.54, 1.807) is 4.90 Å². The molecule has 0 N–H and O–H groups in total. The van der Waals surface area contributed by atoms with Crippen molar-refractivity contribution in [3.05, 3.63) is 47.0 Å². The van der Waals surface area contributed by atoms with E-state index >= 15 is 0 Å². The monoisotopic (exact) mass is 511 g/mol. The van der Waals surface area contributed by atoms with Crippen molar-refractivity contribution in [3.63, 3.8) is 0 Å². The van der Waals surface area contributed by atoms with Gasteiger partial charge < -0.3 is 18.8 Å². The Balaban J connectivity index is 2.48. The van der Waals surface area contributed by atoms with E-state index in [1.165, 1.54) is 13.2 Å². The molecule has 0 spiro atoms. The number of benzene rings is 1. The molecule has 1 aromatic carbocycles. The summed E-state index contributed by atoms with van der Waals surface area (Å²) >= 11 is 3.45. The number of likely N-dealkylation sites (tertiary alicyclic amines) is 1. The number of methoxy groups -OCH3 is 1. The lowest BCUT2D eigenvalue weighted by atomic mass is 9.79. The number of halogens is 1. The van der Waals surface area contributed by atoms with Crippen LogP contribution in [0.2, 0.25) is 18.1 Å². The van der Waals surface area contributed by atoms with Gasteiger partial charge in [0.15, 0.2) is 8.32 Å². The van der Waals surface area contributed by atoms with Gasteiger partial charge >= 0.3 is 12.1 Å². The summed E-state index contributed by atoms with van der Waals surface area (Å²) in [5.74, 6) is -0.377. The molecule has 2 rings (SSSR count). The molecule has 31 heavy (non-hydrogen) atoms. The van der Waals surface area contributed by atoms with Crippen LogP contribution in [0.1, 0.15) is 26.3 Å². The van der Waals surface area contributed by atoms with Gasteiger partial charge in [0, 0.05) is 11.0 Å². The standard InChI is InChI=1S/C23H34BrNO5Si/c1-8-13-29-21(27)25-15-19(30-31(6,7)22(2,3)4)23(16-25,20(26)28-5)14-17-9-11-18(24)12-10-17/h8-12,19H,1,13-16H2,2-7H3/t19-,23-/m0/s1. The summed E-state index contributed by atoms with van der Waals surface area (Å²) in [5, 5.41) is -0.0523. The molecule has 6 nitrogen and oxygen atoms in total. The number of rotatable bonds is 7. The smallest absolute Gasteiger partial charge is 0.410 e. The lowest BCUT2D eigenvalue weighted by Crippen LogP contribution is -2.52. The molecular formula is C23H34BrNO5Si. The van der Waals surface area contributed by atoms with Crippen LogP contribution in [0.15, 0.2) is 41.4 Å². The molecule has 0 unspecified atom stereocenters. The van der Waals surface area contributed by atoms with Gasteiger partial charge in [-0.1, -0.05) is 61.5 Å². The fourth-order valence-electron chi connectivity index (χ4n) is 3.53. The molecule has 1 aliphatic rings. The number of hydrogen-bond acceptors (Lipinski definition) is 5. The van der Waals surface area contributed by atoms with Crippen molar-refractivity contribution in [1.29, 1.82) is 0 Å². The van der Waals surface area contributed by atoms with Crippen molar-refractivity contribution in [2.75, 3.05) is 26.8 Å². The van der Waals surface area contributed by atoms with Crippen molar-refractivity contribution in [1.82, 2.24) is 4.90 Å². The second-order valence-corrected chi connectivity index (χ2v) is 15.2. The molecule has 1 amide bonds. The van der Waals surface area contributed by atoms with Crippen LogP contribution in [0.25, 0.3) is 0 Å². The van der Waals surface area contributed by atoms with Crippen LogP contribution in [-0.2, 0) is 25.1 Å². The van der Waals surface area contributed by atoms with Gasteiger partial charge in [0.05, 0.1) is 19.8 Å². The average molecular weight is 513 g/mol. The number of amides is 1. The summed E-state index contributed by atoms with van der Waals surface area (Å²) in [6, 6.07) is 7.82. The van der Waals surface area contributed by atoms with Gasteiger partial charge in [-0.05, 0) is 42.2 Å². The molecule has 0 aliphatic carbocycles. The molecule has 0 bridgehead atoms. The third-order valence-electron chi connectivity index (χ3n) is 6.33. The van der Waals surface area contributed by atoms with E-state index in [-0.39, 0.29) is 30.7 Å². The average Bonchev–Trinajstić information content (AvgIpc) is 3.05. The van der Waals surface area contributed by atoms with Gasteiger partial charge in [0.25, 0.3) is 0 Å². The SMILES string of the molecule is C=CCOC(=O)N1C[C@H](O[Si](C)(C)C(C)(C)C)[C@@](Cc2ccc(Br)cc2)(C(=O)OC)C1. The number of carbonyl (C=O) groups is 2. The first kappa shape index (κ1) is 25.6. The maximum absolute atomic E-state index is 13.2. The first-order chi connectivity index (χ1) is 14.4. The van der Waals surface area contributed by atoms with E-state index < -0.39 is 25.9 Å². The van der Waals surface area contributed by atoms with Gasteiger partial charge in [-0.15, -0.1) is 0 Å². The molecule has 0 saturated carbocycles. The van der Waals surface area contributed by atoms with Crippen LogP contribution in [0.4, 0.5) is 4.79 Å². The molecule has 8 heteroatoms. The predicted octanol–water partition coefficient (Wildman–Crippen LogP) is 5.18. The number of ether oxygens (including phenoxy) is 2. The highest BCUT2D eigenvalue weighted by molar-refractivity contribution is 9.10. The van der Waals surface area contributed by atoms with Gasteiger partial charge in [-0.25, -0.2) is 4.79 Å². The van der Waals surface area contributed by atoms with Gasteiger partial charge in [-0.3, -0.25) is 4.79 Å². The third kappa shape index (κ3) is 5.78. The zero-order valence-electron chi connectivity index (χ0n) is 19.4. The minimum Gasteiger partial charge on any atom is -0.468 e. The van der Waals surface area contributed by atoms with E-state index in [1.807, 2.05) is 24.3 Å². The van der Waals surface area contributed by atoms with Crippen LogP contribution >= 0.6 is 15.9 Å². The Labute approximate surface area is 195 Å². The minimum absolute atomic E-state index is 0.0523. The first-order valence-electron chi connectivity index (χ1n) is 10.4. The molecule has 0 aromatic heterocycles. The number of carbonyl (C=O) groups excluding carboxylic acids is 2. The Morgan fingerprint density at radius 2 is 1.90 bits per heavy atom. The normalized spacial score (nSPS) is 21.6. The predicted molar refractivity (Wildman–Crippen MR) is 127 cm³/mol. The van der Waals surface area contributed by atoms with Crippen molar-refractivity contribution < 1.29 is 23.5 Å². The number of esters is 1. The Kier molecular flexibility index (Phi) is 8.16. The minimum atomic E-state index is -2.24. The van der Waals surface area contributed by atoms with E-state index in [0.29, 0.717) is 6.42 Å². The van der Waals surface area contributed by atoms with Crippen LogP contribution in [-0.4, -0.2) is 58.2 Å². The van der Waals surface area contributed by atoms with Crippen molar-refractivity contribution in [2.24, 2.45) is 5.41 Å². The highest BCUT2D eigenvalue weighted by Crippen LogP contribution is 2.44. The number of hydrogen-bond donors (Lipinski definition) is 0. The van der Waals surface area contributed by atoms with Crippen molar-refractivity contribution in [3.8, 4) is 0 Å². The fourth-order valence-corrected chi connectivity index (χ4v) is 5.16. The summed E-state index contributed by atoms with van der Waals surface area (Å²) < 4.78 is 18.2. The fraction of sp³-hybridized carbons (Fsp3) is 0.565. The second-order valence-electron chi connectivity index (χ2n) is 9.56. The third-order valence-corrected chi connectivity index (χ3v) is 11.3. The van der Waals surface area contributed by atoms with Crippen LogP contribution in [0, 0.1) is 5.41 Å². The Hall–Kier alpha value is -1.64. The van der Waals surface area contributed by atoms with Gasteiger partial charge in [-0.2, -0.15) is 0 Å². The number of nitrogens with zero attached hydrogens (tertiary/aromatic N) is 1. The lowest BCUT2D eigenvalue weighted by molar-refractivity contribution is -0.156. The zero-order valence-corrected chi connectivity index (χ0v) is 22.0. The summed E-state index contributed by atoms with van der Waals surface area (Å²) in [6.45, 7) is 14.9. The van der Waals surface area contributed by atoms with Crippen LogP contribution < -0.4 is 0 Å². The molecule has 1 fully saturated rings. The highest BCUT2D eigenvalue weighted by Gasteiger charge is 2.57. The van der Waals surface area contributed by atoms with E-state index in [9.17, 15) is 9.59 Å². The van der Waals surface area contributed by atoms with Crippen LogP contribution in [0.3, 0.4) is 0 Å². The molecular weight excluding hydrogens is 478 g/mol. The van der Waals surface area contributed by atoms with E-state index in [4.69, 9.17) is 13.9 Å². The molecule has 1 saturated heterocycles. The molecule has 1 aromatic rings. The van der Waals surface area contributed by atoms with E-state index in [2.05, 4.69) is 56.4 Å². The topological polar surface area (TPSA) is 65.1 Å². The Morgan fingerprint density at radius 1 is 1.29 bits per heavy atom. The molecule has 2 atom stereocenters. The highest BCUT2D eigenvalue weighted by atomic mass is 79.9. The molecule has 1 aliphatic heterocycles. The largest absolute Gasteiger partial charge is 0.468 e. The molecule has 0 radical (unpaired) electrons. The van der Waals surface area contributed by atoms with Crippen molar-refractivity contribution in [2.45, 2.75) is 51.4 Å². The summed E-state index contributed by atoms with van der Waals surface area (Å²) in [5.41, 5.74) is -0.0515. The summed E-state index contributed by atoms with van der Waals surface area (Å²) in [6.07, 6.45) is 0.941. The second kappa shape index (κ2) is 9.88. The summed E-state index contributed by atoms with van der Waals surface area (Å²) in [4.78, 5) is 27.5. The quantitative estimate of drug-likeness (QED) is 0.286. The Bertz CT molecular complexity index is 805.